The number of nitriles is 4. The maximum Gasteiger partial charge on any atom is 0.178 e. The average Bonchev–Trinajstić information content (AvgIpc) is 3.12. The summed E-state index contributed by atoms with van der Waals surface area (Å²) >= 11 is 11.1. The van der Waals surface area contributed by atoms with Crippen molar-refractivity contribution >= 4 is 86.9 Å². The number of ketones is 4. The lowest BCUT2D eigenvalue weighted by Crippen LogP contribution is -2.42. The van der Waals surface area contributed by atoms with Crippen molar-refractivity contribution in [1.82, 2.24) is 0 Å². The molecule has 0 aliphatic heterocycles. The summed E-state index contributed by atoms with van der Waals surface area (Å²) in [7, 11) is 0. The van der Waals surface area contributed by atoms with E-state index in [0.717, 1.165) is 6.92 Å². The van der Waals surface area contributed by atoms with E-state index in [-0.39, 0.29) is 5.57 Å². The second-order valence-corrected chi connectivity index (χ2v) is 14.3. The van der Waals surface area contributed by atoms with Crippen LogP contribution in [0.4, 0.5) is 30.7 Å². The lowest BCUT2D eigenvalue weighted by atomic mass is 9.63. The molecule has 0 radical (unpaired) electrons. The first-order valence-electron chi connectivity index (χ1n) is 13.8. The van der Waals surface area contributed by atoms with Crippen molar-refractivity contribution in [3.63, 3.8) is 0 Å². The fourth-order valence-electron chi connectivity index (χ4n) is 6.28. The van der Waals surface area contributed by atoms with Crippen LogP contribution < -0.4 is 0 Å². The summed E-state index contributed by atoms with van der Waals surface area (Å²) < 4.78 is 96.7. The summed E-state index contributed by atoms with van der Waals surface area (Å²) in [6.07, 6.45) is 0. The number of allylic oxidation sites excluding steroid dienone is 8. The van der Waals surface area contributed by atoms with Gasteiger partial charge in [0.1, 0.15) is 29.1 Å². The van der Waals surface area contributed by atoms with Gasteiger partial charge in [0.25, 0.3) is 0 Å². The minimum atomic E-state index is -1.81. The summed E-state index contributed by atoms with van der Waals surface area (Å²) in [5.74, 6) is -20.5. The normalized spacial score (nSPS) is 22.0. The number of rotatable bonds is 0. The van der Waals surface area contributed by atoms with Gasteiger partial charge in [0.15, 0.2) is 58.1 Å². The Morgan fingerprint density at radius 2 is 0.788 bits per heavy atom. The quantitative estimate of drug-likeness (QED) is 0.143. The zero-order valence-corrected chi connectivity index (χ0v) is 31.2. The monoisotopic (exact) mass is 972 g/mol. The predicted octanol–water partition coefficient (Wildman–Crippen LogP) is 9.19. The van der Waals surface area contributed by atoms with Gasteiger partial charge in [0.05, 0.1) is 61.5 Å². The van der Waals surface area contributed by atoms with E-state index >= 15 is 0 Å². The summed E-state index contributed by atoms with van der Waals surface area (Å²) in [6.45, 7) is 1.13. The number of carbonyl (C=O) groups excluding carboxylic acids is 4. The van der Waals surface area contributed by atoms with E-state index in [1.807, 2.05) is 0 Å². The van der Waals surface area contributed by atoms with E-state index in [0.29, 0.717) is 0 Å². The third-order valence-corrected chi connectivity index (χ3v) is 11.8. The molecule has 2 aromatic carbocycles. The van der Waals surface area contributed by atoms with Gasteiger partial charge in [-0.25, -0.2) is 30.7 Å². The number of Topliss-reactive ketones (excluding diaryl/α,β-unsaturated/α-hetero) is 4. The van der Waals surface area contributed by atoms with Crippen LogP contribution in [0.5, 0.6) is 0 Å². The highest BCUT2D eigenvalue weighted by atomic mass is 79.9. The molecule has 2 aromatic rings. The minimum absolute atomic E-state index is 0.341. The molecule has 0 aromatic heterocycles. The van der Waals surface area contributed by atoms with Gasteiger partial charge < -0.3 is 0 Å². The largest absolute Gasteiger partial charge is 0.293 e. The Labute approximate surface area is 319 Å². The van der Waals surface area contributed by atoms with Crippen LogP contribution in [-0.4, -0.2) is 23.1 Å². The number of fused-ring (bicyclic) bond motifs is 4. The van der Waals surface area contributed by atoms with E-state index < -0.39 is 150 Å². The fraction of sp³-hybridized carbons (Fsp3) is 0.152. The zero-order chi connectivity index (χ0) is 39.0. The van der Waals surface area contributed by atoms with Crippen LogP contribution in [0.1, 0.15) is 59.5 Å². The van der Waals surface area contributed by atoms with Gasteiger partial charge in [0.2, 0.25) is 0 Å². The average molecular weight is 976 g/mol. The highest BCUT2D eigenvalue weighted by molar-refractivity contribution is 9.12. The minimum Gasteiger partial charge on any atom is -0.293 e. The molecular weight excluding hydrogens is 969 g/mol. The fourth-order valence-corrected chi connectivity index (χ4v) is 8.70. The second-order valence-electron chi connectivity index (χ2n) is 11.0. The van der Waals surface area contributed by atoms with Crippen LogP contribution in [0, 0.1) is 92.3 Å². The van der Waals surface area contributed by atoms with Gasteiger partial charge in [0, 0.05) is 31.2 Å². The van der Waals surface area contributed by atoms with E-state index in [2.05, 4.69) is 63.7 Å². The molecule has 52 heavy (non-hydrogen) atoms. The van der Waals surface area contributed by atoms with Crippen molar-refractivity contribution in [2.24, 2.45) is 23.7 Å². The van der Waals surface area contributed by atoms with Crippen LogP contribution in [-0.2, 0) is 0 Å². The Balaban J connectivity index is 0.000000203. The van der Waals surface area contributed by atoms with Crippen molar-refractivity contribution in [2.75, 3.05) is 0 Å². The number of halogens is 11. The Morgan fingerprint density at radius 1 is 0.462 bits per heavy atom. The van der Waals surface area contributed by atoms with Crippen molar-refractivity contribution in [3.8, 4) is 24.3 Å². The molecule has 0 N–H and O–H groups in total. The van der Waals surface area contributed by atoms with Crippen LogP contribution >= 0.6 is 63.7 Å². The molecule has 4 aliphatic rings. The van der Waals surface area contributed by atoms with Crippen molar-refractivity contribution in [2.45, 2.75) is 6.92 Å². The van der Waals surface area contributed by atoms with Gasteiger partial charge in [-0.15, -0.1) is 0 Å². The molecule has 0 saturated heterocycles. The molecule has 0 saturated carbocycles. The van der Waals surface area contributed by atoms with E-state index in [4.69, 9.17) is 5.26 Å². The molecule has 4 atom stereocenters. The van der Waals surface area contributed by atoms with Gasteiger partial charge in [-0.05, 0) is 38.8 Å². The molecule has 8 nitrogen and oxygen atoms in total. The third-order valence-electron chi connectivity index (χ3n) is 8.65. The first-order chi connectivity index (χ1) is 24.4. The molecule has 0 spiro atoms. The molecule has 0 fully saturated rings. The molecule has 4 aliphatic carbocycles. The number of benzene rings is 2. The SMILES string of the molecule is CC1=C(C#N)C2C(=O)c3c(C#N)c(F)c(F)c(C#N)c3C(=O)C2C(C#N)=C1F.O=C1c2c(Br)c(F)c(F)c(Br)c2C(=O)C2C(Br)=C(F)C(F)=C(Br)C12. The second kappa shape index (κ2) is 13.8. The predicted molar refractivity (Wildman–Crippen MR) is 175 cm³/mol. The Hall–Kier alpha value is -4.53. The van der Waals surface area contributed by atoms with Gasteiger partial charge in [-0.2, -0.15) is 21.0 Å². The van der Waals surface area contributed by atoms with Gasteiger partial charge in [-0.1, -0.05) is 31.9 Å². The van der Waals surface area contributed by atoms with Crippen molar-refractivity contribution < 1.29 is 49.9 Å². The van der Waals surface area contributed by atoms with Crippen LogP contribution in [0.25, 0.3) is 0 Å². The van der Waals surface area contributed by atoms with Gasteiger partial charge >= 0.3 is 0 Å². The van der Waals surface area contributed by atoms with E-state index in [9.17, 15) is 65.7 Å². The van der Waals surface area contributed by atoms with E-state index in [1.165, 1.54) is 18.2 Å². The first kappa shape index (κ1) is 38.7. The summed E-state index contributed by atoms with van der Waals surface area (Å²) in [5.41, 5.74) is -6.33. The number of carbonyl (C=O) groups is 4. The van der Waals surface area contributed by atoms with Crippen molar-refractivity contribution in [3.05, 3.63) is 109 Å². The Kier molecular flexibility index (Phi) is 10.3. The number of hydrogen-bond acceptors (Lipinski definition) is 8. The maximum atomic E-state index is 14.5. The molecule has 4 unspecified atom stereocenters. The first-order valence-corrected chi connectivity index (χ1v) is 16.9. The molecule has 0 heterocycles. The number of nitrogens with zero attached hydrogens (tertiary/aromatic N) is 4. The molecule has 6 rings (SSSR count). The van der Waals surface area contributed by atoms with Gasteiger partial charge in [-0.3, -0.25) is 19.2 Å². The highest BCUT2D eigenvalue weighted by Crippen LogP contribution is 2.53. The molecule has 0 bridgehead atoms. The molecule has 0 amide bonds. The van der Waals surface area contributed by atoms with E-state index in [1.54, 1.807) is 6.07 Å². The lowest BCUT2D eigenvalue weighted by molar-refractivity contribution is 0.0786. The standard InChI is InChI=1S/C19H5F3N4O2.C14H2Br4F4O2/c1-6-7(2-23)11-12(8(3-24)15(6)20)19(28)14-10(5-26)17(22)16(21)9(4-25)13(14)18(11)27;15-5-1-2(6(16)10(20)9(5)19)14(24)4-3(13(1)23)7(17)11(21)12(22)8(4)18/h11-12H,1H3;1-2H. The molecule has 260 valence electrons. The highest BCUT2D eigenvalue weighted by Gasteiger charge is 2.53. The Bertz CT molecular complexity index is 2330. The summed E-state index contributed by atoms with van der Waals surface area (Å²) in [5, 5.41) is 37.0. The topological polar surface area (TPSA) is 163 Å². The summed E-state index contributed by atoms with van der Waals surface area (Å²) in [6, 6.07) is 5.65. The lowest BCUT2D eigenvalue weighted by Gasteiger charge is -2.34. The third kappa shape index (κ3) is 5.20. The zero-order valence-electron chi connectivity index (χ0n) is 24.9. The number of hydrogen-bond donors (Lipinski definition) is 0. The summed E-state index contributed by atoms with van der Waals surface area (Å²) in [4.78, 5) is 51.6. The van der Waals surface area contributed by atoms with Crippen LogP contribution in [0.3, 0.4) is 0 Å². The van der Waals surface area contributed by atoms with Crippen LogP contribution in [0.2, 0.25) is 0 Å². The maximum absolute atomic E-state index is 14.5. The molecule has 19 heteroatoms. The Morgan fingerprint density at radius 3 is 1.12 bits per heavy atom. The smallest absolute Gasteiger partial charge is 0.178 e. The van der Waals surface area contributed by atoms with Crippen LogP contribution in [0.15, 0.2) is 52.1 Å². The van der Waals surface area contributed by atoms with Crippen molar-refractivity contribution in [1.29, 1.82) is 21.0 Å². The molecular formula is C33H7Br4F7N4O4.